The number of halogens is 1. The van der Waals surface area contributed by atoms with Crippen molar-refractivity contribution in [1.29, 1.82) is 0 Å². The van der Waals surface area contributed by atoms with E-state index in [1.54, 1.807) is 6.20 Å². The van der Waals surface area contributed by atoms with Crippen molar-refractivity contribution >= 4 is 29.2 Å². The number of carbonyl (C=O) groups is 2. The molecule has 0 radical (unpaired) electrons. The van der Waals surface area contributed by atoms with Gasteiger partial charge in [-0.2, -0.15) is 0 Å². The van der Waals surface area contributed by atoms with E-state index in [0.29, 0.717) is 11.4 Å². The van der Waals surface area contributed by atoms with Crippen molar-refractivity contribution in [2.45, 2.75) is 24.9 Å². The van der Waals surface area contributed by atoms with Crippen molar-refractivity contribution in [2.24, 2.45) is 0 Å². The highest BCUT2D eigenvalue weighted by molar-refractivity contribution is 6.30. The molecule has 2 aromatic rings. The fourth-order valence-corrected chi connectivity index (χ4v) is 3.49. The topological polar surface area (TPSA) is 79.3 Å². The Labute approximate surface area is 150 Å². The van der Waals surface area contributed by atoms with E-state index in [1.807, 2.05) is 24.3 Å². The van der Waals surface area contributed by atoms with Gasteiger partial charge in [0, 0.05) is 48.2 Å². The van der Waals surface area contributed by atoms with Gasteiger partial charge in [0.25, 0.3) is 0 Å². The van der Waals surface area contributed by atoms with Gasteiger partial charge in [-0.15, -0.1) is 0 Å². The summed E-state index contributed by atoms with van der Waals surface area (Å²) in [6.07, 6.45) is 4.40. The number of fused-ring (bicyclic) bond motifs is 1. The van der Waals surface area contributed by atoms with E-state index in [0.717, 1.165) is 30.9 Å². The average Bonchev–Trinajstić information content (AvgIpc) is 3.25. The summed E-state index contributed by atoms with van der Waals surface area (Å²) in [4.78, 5) is 30.7. The Hall–Kier alpha value is -2.54. The van der Waals surface area contributed by atoms with Crippen LogP contribution >= 0.6 is 11.6 Å². The zero-order valence-electron chi connectivity index (χ0n) is 13.5. The number of carbonyl (C=O) groups excluding carboxylic acids is 2. The standard InChI is InChI=1S/C17H18ClN5O2/c18-11-1-3-13(4-2-11)22-6-5-12(9-22)20-16(24)15-7-14-8-19-10-23(14)17(25)21-15/h1-4,8,10,12,15H,5-7,9H2,(H,20,24)(H,21,25). The molecule has 0 bridgehead atoms. The van der Waals surface area contributed by atoms with Gasteiger partial charge in [-0.3, -0.25) is 9.36 Å². The number of aromatic nitrogens is 2. The number of benzene rings is 1. The Morgan fingerprint density at radius 2 is 2.12 bits per heavy atom. The Kier molecular flexibility index (Phi) is 4.09. The van der Waals surface area contributed by atoms with E-state index >= 15 is 0 Å². The van der Waals surface area contributed by atoms with Crippen molar-refractivity contribution in [1.82, 2.24) is 20.2 Å². The van der Waals surface area contributed by atoms with Gasteiger partial charge >= 0.3 is 6.03 Å². The summed E-state index contributed by atoms with van der Waals surface area (Å²) >= 11 is 5.93. The molecule has 1 saturated heterocycles. The molecule has 2 unspecified atom stereocenters. The fourth-order valence-electron chi connectivity index (χ4n) is 3.36. The second-order valence-corrected chi connectivity index (χ2v) is 6.81. The molecule has 2 amide bonds. The first-order valence-corrected chi connectivity index (χ1v) is 8.61. The molecule has 2 aliphatic rings. The quantitative estimate of drug-likeness (QED) is 0.868. The SMILES string of the molecule is O=C(NC1CCN(c2ccc(Cl)cc2)C1)C1Cc2cncn2C(=O)N1. The van der Waals surface area contributed by atoms with E-state index in [-0.39, 0.29) is 18.0 Å². The number of anilines is 1. The van der Waals surface area contributed by atoms with Gasteiger partial charge in [-0.25, -0.2) is 9.78 Å². The molecule has 0 spiro atoms. The Morgan fingerprint density at radius 1 is 1.32 bits per heavy atom. The first kappa shape index (κ1) is 16.0. The van der Waals surface area contributed by atoms with Gasteiger partial charge in [0.1, 0.15) is 12.4 Å². The number of hydrogen-bond donors (Lipinski definition) is 2. The second kappa shape index (κ2) is 6.40. The highest BCUT2D eigenvalue weighted by atomic mass is 35.5. The van der Waals surface area contributed by atoms with Gasteiger partial charge in [0.2, 0.25) is 5.91 Å². The summed E-state index contributed by atoms with van der Waals surface area (Å²) in [5, 5.41) is 6.49. The lowest BCUT2D eigenvalue weighted by molar-refractivity contribution is -0.123. The predicted octanol–water partition coefficient (Wildman–Crippen LogP) is 1.41. The highest BCUT2D eigenvalue weighted by Gasteiger charge is 2.31. The third-order valence-electron chi connectivity index (χ3n) is 4.69. The maximum absolute atomic E-state index is 12.5. The van der Waals surface area contributed by atoms with Gasteiger partial charge in [-0.05, 0) is 30.7 Å². The second-order valence-electron chi connectivity index (χ2n) is 6.38. The van der Waals surface area contributed by atoms with Crippen LogP contribution < -0.4 is 15.5 Å². The van der Waals surface area contributed by atoms with Crippen molar-refractivity contribution in [3.63, 3.8) is 0 Å². The van der Waals surface area contributed by atoms with Crippen molar-refractivity contribution in [3.05, 3.63) is 47.5 Å². The monoisotopic (exact) mass is 359 g/mol. The van der Waals surface area contributed by atoms with E-state index in [9.17, 15) is 9.59 Å². The number of imidazole rings is 1. The zero-order valence-corrected chi connectivity index (χ0v) is 14.2. The van der Waals surface area contributed by atoms with Crippen LogP contribution in [0.4, 0.5) is 10.5 Å². The largest absolute Gasteiger partial charge is 0.369 e. The van der Waals surface area contributed by atoms with Crippen LogP contribution in [0.15, 0.2) is 36.8 Å². The lowest BCUT2D eigenvalue weighted by Crippen LogP contribution is -2.54. The molecule has 7 nitrogen and oxygen atoms in total. The Bertz CT molecular complexity index is 804. The minimum absolute atomic E-state index is 0.0620. The summed E-state index contributed by atoms with van der Waals surface area (Å²) in [6.45, 7) is 1.61. The molecule has 25 heavy (non-hydrogen) atoms. The Morgan fingerprint density at radius 3 is 2.92 bits per heavy atom. The molecule has 1 fully saturated rings. The molecule has 130 valence electrons. The molecular formula is C17H18ClN5O2. The molecule has 8 heteroatoms. The van der Waals surface area contributed by atoms with Crippen LogP contribution in [-0.4, -0.2) is 46.7 Å². The summed E-state index contributed by atoms with van der Waals surface area (Å²) in [5.41, 5.74) is 1.84. The van der Waals surface area contributed by atoms with Crippen molar-refractivity contribution in [3.8, 4) is 0 Å². The minimum atomic E-state index is -0.554. The summed E-state index contributed by atoms with van der Waals surface area (Å²) in [5.74, 6) is -0.149. The number of nitrogens with zero attached hydrogens (tertiary/aromatic N) is 3. The number of amides is 2. The molecule has 2 aliphatic heterocycles. The predicted molar refractivity (Wildman–Crippen MR) is 93.9 cm³/mol. The molecule has 2 N–H and O–H groups in total. The number of hydrogen-bond acceptors (Lipinski definition) is 4. The smallest absolute Gasteiger partial charge is 0.327 e. The van der Waals surface area contributed by atoms with Gasteiger partial charge in [0.15, 0.2) is 0 Å². The molecule has 3 heterocycles. The summed E-state index contributed by atoms with van der Waals surface area (Å²) in [7, 11) is 0. The minimum Gasteiger partial charge on any atom is -0.369 e. The van der Waals surface area contributed by atoms with Crippen molar-refractivity contribution in [2.75, 3.05) is 18.0 Å². The van der Waals surface area contributed by atoms with Crippen LogP contribution in [0.2, 0.25) is 5.02 Å². The van der Waals surface area contributed by atoms with E-state index < -0.39 is 6.04 Å². The van der Waals surface area contributed by atoms with Crippen LogP contribution in [0, 0.1) is 0 Å². The fraction of sp³-hybridized carbons (Fsp3) is 0.353. The van der Waals surface area contributed by atoms with Gasteiger partial charge in [-0.1, -0.05) is 11.6 Å². The Balaban J connectivity index is 1.36. The average molecular weight is 360 g/mol. The zero-order chi connectivity index (χ0) is 17.4. The summed E-state index contributed by atoms with van der Waals surface area (Å²) in [6, 6.07) is 6.89. The van der Waals surface area contributed by atoms with Crippen LogP contribution in [-0.2, 0) is 11.2 Å². The lowest BCUT2D eigenvalue weighted by atomic mass is 10.1. The first-order valence-electron chi connectivity index (χ1n) is 8.23. The highest BCUT2D eigenvalue weighted by Crippen LogP contribution is 2.22. The van der Waals surface area contributed by atoms with Gasteiger partial charge in [0.05, 0.1) is 0 Å². The molecular weight excluding hydrogens is 342 g/mol. The van der Waals surface area contributed by atoms with Crippen LogP contribution in [0.5, 0.6) is 0 Å². The normalized spacial score (nSPS) is 22.4. The van der Waals surface area contributed by atoms with E-state index in [1.165, 1.54) is 10.9 Å². The lowest BCUT2D eigenvalue weighted by Gasteiger charge is -2.25. The third kappa shape index (κ3) is 3.19. The number of rotatable bonds is 3. The molecule has 1 aromatic carbocycles. The maximum Gasteiger partial charge on any atom is 0.327 e. The molecule has 4 rings (SSSR count). The van der Waals surface area contributed by atoms with Crippen LogP contribution in [0.1, 0.15) is 12.1 Å². The molecule has 0 saturated carbocycles. The maximum atomic E-state index is 12.5. The number of nitrogens with one attached hydrogen (secondary N) is 2. The van der Waals surface area contributed by atoms with Crippen LogP contribution in [0.3, 0.4) is 0 Å². The van der Waals surface area contributed by atoms with Gasteiger partial charge < -0.3 is 15.5 Å². The molecule has 0 aliphatic carbocycles. The van der Waals surface area contributed by atoms with E-state index in [2.05, 4.69) is 20.5 Å². The first-order chi connectivity index (χ1) is 12.1. The molecule has 1 aromatic heterocycles. The van der Waals surface area contributed by atoms with E-state index in [4.69, 9.17) is 11.6 Å². The van der Waals surface area contributed by atoms with Crippen molar-refractivity contribution < 1.29 is 9.59 Å². The molecule has 2 atom stereocenters. The summed E-state index contributed by atoms with van der Waals surface area (Å²) < 4.78 is 1.43. The van der Waals surface area contributed by atoms with Crippen LogP contribution in [0.25, 0.3) is 0 Å². The third-order valence-corrected chi connectivity index (χ3v) is 4.94.